The predicted octanol–water partition coefficient (Wildman–Crippen LogP) is 2.42. The van der Waals surface area contributed by atoms with Gasteiger partial charge in [0.1, 0.15) is 0 Å². The average molecular weight is 433 g/mol. The maximum absolute atomic E-state index is 12.4. The van der Waals surface area contributed by atoms with Crippen molar-refractivity contribution in [2.75, 3.05) is 17.7 Å². The van der Waals surface area contributed by atoms with Crippen molar-refractivity contribution in [3.8, 4) is 0 Å². The van der Waals surface area contributed by atoms with Gasteiger partial charge in [-0.05, 0) is 43.2 Å². The Morgan fingerprint density at radius 1 is 1.14 bits per heavy atom. The Labute approximate surface area is 173 Å². The van der Waals surface area contributed by atoms with Gasteiger partial charge >= 0.3 is 0 Å². The Morgan fingerprint density at radius 2 is 1.90 bits per heavy atom. The van der Waals surface area contributed by atoms with Gasteiger partial charge in [0.2, 0.25) is 11.8 Å². The zero-order valence-corrected chi connectivity index (χ0v) is 17.3. The third-order valence-corrected chi connectivity index (χ3v) is 7.33. The number of thioether (sulfide) groups is 1. The van der Waals surface area contributed by atoms with Crippen molar-refractivity contribution in [3.63, 3.8) is 0 Å². The number of fused-ring (bicyclic) bond motifs is 1. The molecular weight excluding hydrogens is 412 g/mol. The minimum absolute atomic E-state index is 0.0666. The zero-order chi connectivity index (χ0) is 20.6. The molecular formula is C20H20N2O5S2. The van der Waals surface area contributed by atoms with Gasteiger partial charge in [-0.1, -0.05) is 23.8 Å². The van der Waals surface area contributed by atoms with E-state index in [4.69, 9.17) is 4.18 Å². The highest BCUT2D eigenvalue weighted by molar-refractivity contribution is 8.00. The molecule has 0 radical (unpaired) electrons. The van der Waals surface area contributed by atoms with Crippen LogP contribution in [-0.2, 0) is 23.9 Å². The molecule has 2 amide bonds. The van der Waals surface area contributed by atoms with Crippen molar-refractivity contribution in [2.45, 2.75) is 35.1 Å². The molecule has 0 spiro atoms. The number of amides is 2. The molecule has 29 heavy (non-hydrogen) atoms. The lowest BCUT2D eigenvalue weighted by Gasteiger charge is -2.18. The first-order valence-electron chi connectivity index (χ1n) is 9.15. The molecule has 2 atom stereocenters. The first-order chi connectivity index (χ1) is 13.8. The molecule has 0 saturated carbocycles. The molecule has 2 aromatic rings. The molecule has 1 saturated heterocycles. The van der Waals surface area contributed by atoms with E-state index in [2.05, 4.69) is 10.6 Å². The molecule has 1 fully saturated rings. The summed E-state index contributed by atoms with van der Waals surface area (Å²) >= 11 is 1.46. The largest absolute Gasteiger partial charge is 0.350 e. The van der Waals surface area contributed by atoms with Gasteiger partial charge < -0.3 is 10.6 Å². The monoisotopic (exact) mass is 432 g/mol. The molecule has 0 aliphatic carbocycles. The number of nitrogens with one attached hydrogen (secondary N) is 2. The zero-order valence-electron chi connectivity index (χ0n) is 15.7. The summed E-state index contributed by atoms with van der Waals surface area (Å²) in [6.45, 7) is 1.74. The van der Waals surface area contributed by atoms with Crippen LogP contribution in [0.2, 0.25) is 0 Å². The van der Waals surface area contributed by atoms with Gasteiger partial charge in [-0.2, -0.15) is 8.42 Å². The summed E-state index contributed by atoms with van der Waals surface area (Å²) in [5, 5.41) is 5.62. The molecule has 2 aliphatic rings. The van der Waals surface area contributed by atoms with E-state index in [0.29, 0.717) is 17.9 Å². The van der Waals surface area contributed by atoms with Gasteiger partial charge in [0.15, 0.2) is 0 Å². The predicted molar refractivity (Wildman–Crippen MR) is 109 cm³/mol. The minimum atomic E-state index is -3.88. The molecule has 0 bridgehead atoms. The van der Waals surface area contributed by atoms with E-state index in [1.165, 1.54) is 23.9 Å². The van der Waals surface area contributed by atoms with E-state index in [9.17, 15) is 18.0 Å². The number of carbonyl (C=O) groups excluding carboxylic acids is 2. The normalized spacial score (nSPS) is 21.4. The second-order valence-corrected chi connectivity index (χ2v) is 9.77. The van der Waals surface area contributed by atoms with Gasteiger partial charge in [0, 0.05) is 4.90 Å². The van der Waals surface area contributed by atoms with Gasteiger partial charge in [-0.15, -0.1) is 11.8 Å². The first-order valence-corrected chi connectivity index (χ1v) is 11.5. The molecule has 2 heterocycles. The lowest BCUT2D eigenvalue weighted by molar-refractivity contribution is -0.120. The summed E-state index contributed by atoms with van der Waals surface area (Å²) in [5.41, 5.74) is 2.45. The van der Waals surface area contributed by atoms with E-state index in [1.807, 2.05) is 25.1 Å². The van der Waals surface area contributed by atoms with Crippen LogP contribution in [0.15, 0.2) is 52.3 Å². The fourth-order valence-corrected chi connectivity index (χ4v) is 5.15. The number of hydrogen-bond acceptors (Lipinski definition) is 6. The standard InChI is InChI=1S/C20H20N2O5S2/c1-12-2-5-15(6-3-12)29(25,26)27-10-14-9-16(20(24)21-14)13-4-7-18-17(8-13)22-19(23)11-28-18/h2-8,14,16H,9-11H2,1H3,(H,21,24)(H,22,23)/t14?,16-/m1/s1. The first kappa shape index (κ1) is 19.9. The lowest BCUT2D eigenvalue weighted by Crippen LogP contribution is -2.31. The average Bonchev–Trinajstić information content (AvgIpc) is 3.07. The number of hydrogen-bond donors (Lipinski definition) is 2. The fourth-order valence-electron chi connectivity index (χ4n) is 3.41. The van der Waals surface area contributed by atoms with Gasteiger partial charge in [0.05, 0.1) is 34.9 Å². The summed E-state index contributed by atoms with van der Waals surface area (Å²) in [6.07, 6.45) is 0.419. The number of aryl methyl sites for hydroxylation is 1. The van der Waals surface area contributed by atoms with Crippen LogP contribution < -0.4 is 10.6 Å². The maximum Gasteiger partial charge on any atom is 0.297 e. The van der Waals surface area contributed by atoms with E-state index in [0.717, 1.165) is 16.0 Å². The smallest absolute Gasteiger partial charge is 0.297 e. The second kappa shape index (κ2) is 7.81. The Balaban J connectivity index is 1.42. The van der Waals surface area contributed by atoms with Crippen molar-refractivity contribution >= 4 is 39.4 Å². The molecule has 1 unspecified atom stereocenters. The van der Waals surface area contributed by atoms with Crippen molar-refractivity contribution < 1.29 is 22.2 Å². The van der Waals surface area contributed by atoms with Crippen LogP contribution in [-0.4, -0.2) is 38.6 Å². The number of carbonyl (C=O) groups is 2. The third-order valence-electron chi connectivity index (χ3n) is 4.96. The van der Waals surface area contributed by atoms with Gasteiger partial charge in [-0.3, -0.25) is 13.8 Å². The highest BCUT2D eigenvalue weighted by Crippen LogP contribution is 2.36. The Morgan fingerprint density at radius 3 is 2.66 bits per heavy atom. The van der Waals surface area contributed by atoms with Crippen molar-refractivity contribution in [3.05, 3.63) is 53.6 Å². The quantitative estimate of drug-likeness (QED) is 0.704. The Bertz CT molecular complexity index is 1070. The van der Waals surface area contributed by atoms with Crippen LogP contribution in [0.1, 0.15) is 23.5 Å². The van der Waals surface area contributed by atoms with Gasteiger partial charge in [-0.25, -0.2) is 0 Å². The Kier molecular flexibility index (Phi) is 5.37. The van der Waals surface area contributed by atoms with Crippen LogP contribution in [0.5, 0.6) is 0 Å². The molecule has 152 valence electrons. The van der Waals surface area contributed by atoms with E-state index < -0.39 is 22.1 Å². The SMILES string of the molecule is Cc1ccc(S(=O)(=O)OCC2C[C@H](c3ccc4c(c3)NC(=O)CS4)C(=O)N2)cc1. The molecule has 0 aromatic heterocycles. The summed E-state index contributed by atoms with van der Waals surface area (Å²) in [4.78, 5) is 25.1. The number of benzene rings is 2. The summed E-state index contributed by atoms with van der Waals surface area (Å²) in [7, 11) is -3.88. The van der Waals surface area contributed by atoms with Gasteiger partial charge in [0.25, 0.3) is 10.1 Å². The molecule has 9 heteroatoms. The molecule has 7 nitrogen and oxygen atoms in total. The van der Waals surface area contributed by atoms with Crippen LogP contribution in [0.25, 0.3) is 0 Å². The molecule has 2 N–H and O–H groups in total. The van der Waals surface area contributed by atoms with Crippen molar-refractivity contribution in [1.29, 1.82) is 0 Å². The second-order valence-electron chi connectivity index (χ2n) is 7.14. The van der Waals surface area contributed by atoms with E-state index >= 15 is 0 Å². The van der Waals surface area contributed by atoms with E-state index in [1.54, 1.807) is 12.1 Å². The van der Waals surface area contributed by atoms with E-state index in [-0.39, 0.29) is 23.3 Å². The van der Waals surface area contributed by atoms with Crippen molar-refractivity contribution in [2.24, 2.45) is 0 Å². The topological polar surface area (TPSA) is 102 Å². The number of rotatable bonds is 5. The highest BCUT2D eigenvalue weighted by Gasteiger charge is 2.35. The summed E-state index contributed by atoms with van der Waals surface area (Å²) in [5.74, 6) is -0.283. The highest BCUT2D eigenvalue weighted by atomic mass is 32.2. The van der Waals surface area contributed by atoms with Crippen LogP contribution >= 0.6 is 11.8 Å². The summed E-state index contributed by atoms with van der Waals surface area (Å²) < 4.78 is 29.9. The van der Waals surface area contributed by atoms with Crippen molar-refractivity contribution in [1.82, 2.24) is 5.32 Å². The third kappa shape index (κ3) is 4.31. The fraction of sp³-hybridized carbons (Fsp3) is 0.300. The number of anilines is 1. The molecule has 2 aromatic carbocycles. The maximum atomic E-state index is 12.4. The minimum Gasteiger partial charge on any atom is -0.350 e. The van der Waals surface area contributed by atoms with Crippen LogP contribution in [0.4, 0.5) is 5.69 Å². The Hall–Kier alpha value is -2.36. The molecule has 4 rings (SSSR count). The summed E-state index contributed by atoms with van der Waals surface area (Å²) in [6, 6.07) is 11.6. The van der Waals surface area contributed by atoms with Crippen LogP contribution in [0.3, 0.4) is 0 Å². The van der Waals surface area contributed by atoms with Crippen LogP contribution in [0, 0.1) is 6.92 Å². The lowest BCUT2D eigenvalue weighted by atomic mass is 9.95. The molecule has 2 aliphatic heterocycles.